The first-order valence-electron chi connectivity index (χ1n) is 4.86. The number of hydrogen-bond donors (Lipinski definition) is 1. The van der Waals surface area contributed by atoms with Crippen molar-refractivity contribution in [1.82, 2.24) is 6.15 Å². The van der Waals surface area contributed by atoms with Gasteiger partial charge in [0.2, 0.25) is 0 Å². The third-order valence-corrected chi connectivity index (χ3v) is 1.93. The Labute approximate surface area is 89.1 Å². The Hall–Kier alpha value is -0.160. The van der Waals surface area contributed by atoms with Crippen LogP contribution in [0.25, 0.3) is 0 Å². The lowest BCUT2D eigenvalue weighted by atomic mass is 10.1. The summed E-state index contributed by atoms with van der Waals surface area (Å²) in [6, 6.07) is 0. The van der Waals surface area contributed by atoms with Crippen LogP contribution in [0.3, 0.4) is 0 Å². The SMILES string of the molecule is CCCCCCC[N+](C)(C)C.N.O.[OH-]. The van der Waals surface area contributed by atoms with Gasteiger partial charge in [-0.25, -0.2) is 0 Å². The van der Waals surface area contributed by atoms with Crippen LogP contribution in [-0.2, 0) is 0 Å². The highest BCUT2D eigenvalue weighted by Gasteiger charge is 2.04. The van der Waals surface area contributed by atoms with Crippen LogP contribution in [0, 0.1) is 0 Å². The molecule has 6 N–H and O–H groups in total. The van der Waals surface area contributed by atoms with E-state index in [1.54, 1.807) is 0 Å². The van der Waals surface area contributed by atoms with Crippen molar-refractivity contribution in [3.8, 4) is 0 Å². The van der Waals surface area contributed by atoms with Gasteiger partial charge in [-0.05, 0) is 12.8 Å². The van der Waals surface area contributed by atoms with Crippen LogP contribution in [0.5, 0.6) is 0 Å². The molecule has 92 valence electrons. The van der Waals surface area contributed by atoms with Crippen molar-refractivity contribution in [3.63, 3.8) is 0 Å². The van der Waals surface area contributed by atoms with Crippen LogP contribution in [0.15, 0.2) is 0 Å². The summed E-state index contributed by atoms with van der Waals surface area (Å²) >= 11 is 0. The first-order valence-corrected chi connectivity index (χ1v) is 4.86. The zero-order valence-corrected chi connectivity index (χ0v) is 10.3. The Morgan fingerprint density at radius 3 is 1.64 bits per heavy atom. The molecule has 0 aliphatic rings. The first-order chi connectivity index (χ1) is 5.06. The van der Waals surface area contributed by atoms with E-state index in [1.807, 2.05) is 0 Å². The summed E-state index contributed by atoms with van der Waals surface area (Å²) in [5, 5.41) is 0. The van der Waals surface area contributed by atoms with Crippen molar-refractivity contribution in [1.29, 1.82) is 0 Å². The molecule has 0 bridgehead atoms. The van der Waals surface area contributed by atoms with Crippen LogP contribution in [0.4, 0.5) is 0 Å². The van der Waals surface area contributed by atoms with Gasteiger partial charge >= 0.3 is 0 Å². The van der Waals surface area contributed by atoms with Gasteiger partial charge in [-0.15, -0.1) is 0 Å². The molecule has 0 aromatic carbocycles. The van der Waals surface area contributed by atoms with Gasteiger partial charge < -0.3 is 21.6 Å². The van der Waals surface area contributed by atoms with E-state index in [4.69, 9.17) is 0 Å². The lowest BCUT2D eigenvalue weighted by molar-refractivity contribution is -0.870. The smallest absolute Gasteiger partial charge is 0.0780 e. The van der Waals surface area contributed by atoms with Gasteiger partial charge in [-0.3, -0.25) is 0 Å². The minimum Gasteiger partial charge on any atom is -0.870 e. The fourth-order valence-corrected chi connectivity index (χ4v) is 1.19. The fraction of sp³-hybridized carbons (Fsp3) is 1.00. The minimum atomic E-state index is 0. The summed E-state index contributed by atoms with van der Waals surface area (Å²) in [6.07, 6.45) is 7.00. The van der Waals surface area contributed by atoms with Crippen molar-refractivity contribution >= 4 is 0 Å². The summed E-state index contributed by atoms with van der Waals surface area (Å²) in [5.41, 5.74) is 0. The molecule has 0 unspecified atom stereocenters. The molecule has 0 spiro atoms. The average Bonchev–Trinajstić information content (AvgIpc) is 1.85. The Morgan fingerprint density at radius 1 is 0.857 bits per heavy atom. The average molecular weight is 210 g/mol. The molecule has 0 aromatic rings. The largest absolute Gasteiger partial charge is 0.870 e. The van der Waals surface area contributed by atoms with Gasteiger partial charge in [0.1, 0.15) is 0 Å². The van der Waals surface area contributed by atoms with Gasteiger partial charge in [0.15, 0.2) is 0 Å². The van der Waals surface area contributed by atoms with Gasteiger partial charge in [-0.1, -0.05) is 26.2 Å². The highest BCUT2D eigenvalue weighted by Crippen LogP contribution is 2.04. The molecule has 0 amide bonds. The van der Waals surface area contributed by atoms with E-state index in [2.05, 4.69) is 28.1 Å². The second-order valence-corrected chi connectivity index (χ2v) is 4.43. The minimum absolute atomic E-state index is 0. The third-order valence-electron chi connectivity index (χ3n) is 1.93. The number of nitrogens with zero attached hydrogens (tertiary/aromatic N) is 1. The predicted molar refractivity (Wildman–Crippen MR) is 62.2 cm³/mol. The van der Waals surface area contributed by atoms with Crippen molar-refractivity contribution in [2.24, 2.45) is 0 Å². The van der Waals surface area contributed by atoms with E-state index in [1.165, 1.54) is 38.6 Å². The molecule has 0 radical (unpaired) electrons. The Balaban J connectivity index is -0.000000167. The quantitative estimate of drug-likeness (QED) is 0.534. The van der Waals surface area contributed by atoms with E-state index in [0.717, 1.165) is 4.48 Å². The summed E-state index contributed by atoms with van der Waals surface area (Å²) < 4.78 is 1.12. The number of unbranched alkanes of at least 4 members (excludes halogenated alkanes) is 4. The van der Waals surface area contributed by atoms with Crippen LogP contribution in [0.1, 0.15) is 39.0 Å². The van der Waals surface area contributed by atoms with Crippen LogP contribution >= 0.6 is 0 Å². The number of rotatable bonds is 6. The van der Waals surface area contributed by atoms with Crippen molar-refractivity contribution in [2.45, 2.75) is 39.0 Å². The molecule has 0 aromatic heterocycles. The van der Waals surface area contributed by atoms with Crippen LogP contribution < -0.4 is 6.15 Å². The summed E-state index contributed by atoms with van der Waals surface area (Å²) in [7, 11) is 6.79. The molecule has 0 fully saturated rings. The van der Waals surface area contributed by atoms with Gasteiger partial charge in [0.05, 0.1) is 27.7 Å². The van der Waals surface area contributed by atoms with Crippen molar-refractivity contribution in [3.05, 3.63) is 0 Å². The lowest BCUT2D eigenvalue weighted by Crippen LogP contribution is -2.35. The van der Waals surface area contributed by atoms with E-state index >= 15 is 0 Å². The molecule has 0 aliphatic carbocycles. The first kappa shape index (κ1) is 23.6. The van der Waals surface area contributed by atoms with Crippen LogP contribution in [0.2, 0.25) is 0 Å². The molecule has 0 aliphatic heterocycles. The zero-order chi connectivity index (χ0) is 8.74. The van der Waals surface area contributed by atoms with E-state index in [-0.39, 0.29) is 17.1 Å². The molecular weight excluding hydrogens is 180 g/mol. The monoisotopic (exact) mass is 210 g/mol. The normalized spacial score (nSPS) is 9.43. The van der Waals surface area contributed by atoms with Gasteiger partial charge in [0, 0.05) is 0 Å². The topological polar surface area (TPSA) is 96.5 Å². The summed E-state index contributed by atoms with van der Waals surface area (Å²) in [6.45, 7) is 3.59. The van der Waals surface area contributed by atoms with Crippen molar-refractivity contribution in [2.75, 3.05) is 27.7 Å². The molecule has 14 heavy (non-hydrogen) atoms. The third kappa shape index (κ3) is 22.6. The highest BCUT2D eigenvalue weighted by molar-refractivity contribution is 4.40. The van der Waals surface area contributed by atoms with Crippen molar-refractivity contribution < 1.29 is 15.4 Å². The highest BCUT2D eigenvalue weighted by atomic mass is 16.0. The van der Waals surface area contributed by atoms with Gasteiger partial charge in [0.25, 0.3) is 0 Å². The standard InChI is InChI=1S/C10H24N.H3N.2H2O/c1-5-6-7-8-9-10-11(2,3)4;;;/h5-10H2,1-4H3;1H3;2*1H2/q+1;;;/p-1. The maximum atomic E-state index is 2.26. The Kier molecular flexibility index (Phi) is 21.6. The predicted octanol–water partition coefficient (Wildman–Crippen LogP) is 1.82. The molecular formula is C10H30N2O2. The Morgan fingerprint density at radius 2 is 1.29 bits per heavy atom. The number of hydrogen-bond acceptors (Lipinski definition) is 2. The second-order valence-electron chi connectivity index (χ2n) is 4.43. The maximum Gasteiger partial charge on any atom is 0.0780 e. The molecule has 0 saturated carbocycles. The van der Waals surface area contributed by atoms with E-state index < -0.39 is 0 Å². The maximum absolute atomic E-state index is 2.26. The summed E-state index contributed by atoms with van der Waals surface area (Å²) in [5.74, 6) is 0. The summed E-state index contributed by atoms with van der Waals surface area (Å²) in [4.78, 5) is 0. The zero-order valence-electron chi connectivity index (χ0n) is 10.3. The van der Waals surface area contributed by atoms with E-state index in [9.17, 15) is 0 Å². The molecule has 4 heteroatoms. The lowest BCUT2D eigenvalue weighted by Gasteiger charge is -2.23. The van der Waals surface area contributed by atoms with Gasteiger partial charge in [-0.2, -0.15) is 0 Å². The molecule has 0 atom stereocenters. The second kappa shape index (κ2) is 12.8. The Bertz CT molecular complexity index is 92.6. The van der Waals surface area contributed by atoms with Crippen LogP contribution in [-0.4, -0.2) is 43.1 Å². The molecule has 4 nitrogen and oxygen atoms in total. The number of quaternary nitrogens is 1. The molecule has 0 saturated heterocycles. The fourth-order valence-electron chi connectivity index (χ4n) is 1.19. The molecule has 0 rings (SSSR count). The van der Waals surface area contributed by atoms with E-state index in [0.29, 0.717) is 0 Å². The molecule has 0 heterocycles.